The van der Waals surface area contributed by atoms with Crippen LogP contribution in [0.25, 0.3) is 0 Å². The summed E-state index contributed by atoms with van der Waals surface area (Å²) in [6, 6.07) is 4.85. The molecule has 2 amide bonds. The Morgan fingerprint density at radius 3 is 2.53 bits per heavy atom. The molecule has 0 aliphatic carbocycles. The van der Waals surface area contributed by atoms with Gasteiger partial charge in [-0.3, -0.25) is 0 Å². The maximum absolute atomic E-state index is 11.8. The third-order valence-electron chi connectivity index (χ3n) is 2.16. The molecular formula is C11H15ClN2O3S2. The van der Waals surface area contributed by atoms with Gasteiger partial charge in [-0.05, 0) is 42.7 Å². The molecule has 1 aromatic carbocycles. The van der Waals surface area contributed by atoms with Gasteiger partial charge in [-0.15, -0.1) is 0 Å². The van der Waals surface area contributed by atoms with Gasteiger partial charge in [-0.1, -0.05) is 11.6 Å². The van der Waals surface area contributed by atoms with Crippen molar-refractivity contribution in [2.45, 2.75) is 11.3 Å². The molecule has 0 atom stereocenters. The monoisotopic (exact) mass is 322 g/mol. The maximum atomic E-state index is 11.8. The Balaban J connectivity index is 2.55. The predicted octanol–water partition coefficient (Wildman–Crippen LogP) is 2.08. The summed E-state index contributed by atoms with van der Waals surface area (Å²) in [5, 5.41) is 2.92. The highest BCUT2D eigenvalue weighted by Crippen LogP contribution is 2.13. The molecule has 0 aromatic heterocycles. The molecule has 0 bridgehead atoms. The van der Waals surface area contributed by atoms with E-state index in [1.54, 1.807) is 11.8 Å². The molecule has 0 fully saturated rings. The van der Waals surface area contributed by atoms with Crippen LogP contribution >= 0.6 is 23.4 Å². The van der Waals surface area contributed by atoms with Crippen LogP contribution in [0.5, 0.6) is 0 Å². The third-order valence-corrected chi connectivity index (χ3v) is 4.46. The molecule has 8 heteroatoms. The zero-order chi connectivity index (χ0) is 14.3. The predicted molar refractivity (Wildman–Crippen MR) is 78.2 cm³/mol. The van der Waals surface area contributed by atoms with Crippen LogP contribution in [0.4, 0.5) is 4.79 Å². The average molecular weight is 323 g/mol. The number of sulfonamides is 1. The van der Waals surface area contributed by atoms with E-state index in [0.717, 1.165) is 12.2 Å². The van der Waals surface area contributed by atoms with Crippen molar-refractivity contribution < 1.29 is 13.2 Å². The van der Waals surface area contributed by atoms with Crippen molar-refractivity contribution in [2.75, 3.05) is 18.6 Å². The van der Waals surface area contributed by atoms with Gasteiger partial charge in [0.15, 0.2) is 0 Å². The molecule has 19 heavy (non-hydrogen) atoms. The number of urea groups is 1. The van der Waals surface area contributed by atoms with Crippen molar-refractivity contribution in [2.24, 2.45) is 0 Å². The Kier molecular flexibility index (Phi) is 6.47. The molecule has 0 radical (unpaired) electrons. The van der Waals surface area contributed by atoms with Gasteiger partial charge in [0, 0.05) is 11.6 Å². The van der Waals surface area contributed by atoms with Crippen LogP contribution in [-0.4, -0.2) is 33.0 Å². The molecule has 0 unspecified atom stereocenters. The molecule has 0 aliphatic heterocycles. The van der Waals surface area contributed by atoms with E-state index in [9.17, 15) is 13.2 Å². The summed E-state index contributed by atoms with van der Waals surface area (Å²) in [6.45, 7) is 0.433. The van der Waals surface area contributed by atoms with Crippen LogP contribution in [-0.2, 0) is 10.0 Å². The van der Waals surface area contributed by atoms with Gasteiger partial charge in [-0.2, -0.15) is 11.8 Å². The van der Waals surface area contributed by atoms with E-state index in [1.165, 1.54) is 24.3 Å². The third kappa shape index (κ3) is 5.71. The molecule has 1 rings (SSSR count). The first-order valence-electron chi connectivity index (χ1n) is 5.51. The van der Waals surface area contributed by atoms with Gasteiger partial charge < -0.3 is 5.32 Å². The second-order valence-electron chi connectivity index (χ2n) is 3.66. The summed E-state index contributed by atoms with van der Waals surface area (Å²) in [7, 11) is -3.84. The van der Waals surface area contributed by atoms with Gasteiger partial charge in [-0.25, -0.2) is 17.9 Å². The summed E-state index contributed by atoms with van der Waals surface area (Å²) in [5.74, 6) is 0.907. The average Bonchev–Trinajstić information content (AvgIpc) is 2.34. The minimum Gasteiger partial charge on any atom is -0.337 e. The van der Waals surface area contributed by atoms with Crippen molar-refractivity contribution in [1.82, 2.24) is 10.0 Å². The molecule has 0 saturated heterocycles. The highest BCUT2D eigenvalue weighted by Gasteiger charge is 2.16. The van der Waals surface area contributed by atoms with Gasteiger partial charge in [0.1, 0.15) is 0 Å². The number of hydrogen-bond donors (Lipinski definition) is 2. The second kappa shape index (κ2) is 7.62. The van der Waals surface area contributed by atoms with Gasteiger partial charge in [0.05, 0.1) is 4.90 Å². The lowest BCUT2D eigenvalue weighted by molar-refractivity contribution is 0.246. The number of hydrogen-bond acceptors (Lipinski definition) is 4. The summed E-state index contributed by atoms with van der Waals surface area (Å²) in [4.78, 5) is 11.4. The Morgan fingerprint density at radius 2 is 1.95 bits per heavy atom. The molecule has 106 valence electrons. The van der Waals surface area contributed by atoms with E-state index in [4.69, 9.17) is 11.6 Å². The van der Waals surface area contributed by atoms with Crippen molar-refractivity contribution in [1.29, 1.82) is 0 Å². The SMILES string of the molecule is CSCCCNC(=O)NS(=O)(=O)c1ccc(Cl)cc1. The number of amides is 2. The maximum Gasteiger partial charge on any atom is 0.328 e. The van der Waals surface area contributed by atoms with Gasteiger partial charge in [0.25, 0.3) is 10.0 Å². The quantitative estimate of drug-likeness (QED) is 0.786. The van der Waals surface area contributed by atoms with Gasteiger partial charge >= 0.3 is 6.03 Å². The smallest absolute Gasteiger partial charge is 0.328 e. The number of benzene rings is 1. The lowest BCUT2D eigenvalue weighted by atomic mass is 10.4. The van der Waals surface area contributed by atoms with E-state index in [-0.39, 0.29) is 4.90 Å². The van der Waals surface area contributed by atoms with E-state index < -0.39 is 16.1 Å². The van der Waals surface area contributed by atoms with Crippen molar-refractivity contribution >= 4 is 39.4 Å². The van der Waals surface area contributed by atoms with E-state index in [2.05, 4.69) is 5.32 Å². The summed E-state index contributed by atoms with van der Waals surface area (Å²) in [5.41, 5.74) is 0. The second-order valence-corrected chi connectivity index (χ2v) is 6.77. The Bertz CT molecular complexity index is 517. The zero-order valence-corrected chi connectivity index (χ0v) is 12.7. The summed E-state index contributed by atoms with van der Waals surface area (Å²) in [6.07, 6.45) is 2.75. The van der Waals surface area contributed by atoms with Crippen LogP contribution in [0.2, 0.25) is 5.02 Å². The summed E-state index contributed by atoms with van der Waals surface area (Å²) < 4.78 is 25.6. The first kappa shape index (κ1) is 16.1. The first-order chi connectivity index (χ1) is 8.95. The summed E-state index contributed by atoms with van der Waals surface area (Å²) >= 11 is 7.33. The van der Waals surface area contributed by atoms with Gasteiger partial charge in [0.2, 0.25) is 0 Å². The highest BCUT2D eigenvalue weighted by molar-refractivity contribution is 7.98. The van der Waals surface area contributed by atoms with E-state index >= 15 is 0 Å². The lowest BCUT2D eigenvalue weighted by Gasteiger charge is -2.08. The molecule has 0 spiro atoms. The molecule has 0 heterocycles. The van der Waals surface area contributed by atoms with Crippen molar-refractivity contribution in [3.63, 3.8) is 0 Å². The fourth-order valence-electron chi connectivity index (χ4n) is 1.25. The normalized spacial score (nSPS) is 11.1. The first-order valence-corrected chi connectivity index (χ1v) is 8.76. The molecule has 5 nitrogen and oxygen atoms in total. The molecular weight excluding hydrogens is 308 g/mol. The minimum atomic E-state index is -3.84. The standard InChI is InChI=1S/C11H15ClN2O3S2/c1-18-8-2-7-13-11(15)14-19(16,17)10-5-3-9(12)4-6-10/h3-6H,2,7-8H2,1H3,(H2,13,14,15). The minimum absolute atomic E-state index is 0.00355. The van der Waals surface area contributed by atoms with Crippen LogP contribution in [0.3, 0.4) is 0 Å². The molecule has 1 aromatic rings. The fraction of sp³-hybridized carbons (Fsp3) is 0.364. The van der Waals surface area contributed by atoms with Crippen LogP contribution in [0.1, 0.15) is 6.42 Å². The number of carbonyl (C=O) groups is 1. The van der Waals surface area contributed by atoms with E-state index in [1.807, 2.05) is 11.0 Å². The Labute approximate surface area is 122 Å². The number of nitrogens with one attached hydrogen (secondary N) is 2. The van der Waals surface area contributed by atoms with Crippen molar-refractivity contribution in [3.8, 4) is 0 Å². The molecule has 2 N–H and O–H groups in total. The van der Waals surface area contributed by atoms with Crippen LogP contribution in [0, 0.1) is 0 Å². The van der Waals surface area contributed by atoms with Crippen LogP contribution < -0.4 is 10.0 Å². The fourth-order valence-corrected chi connectivity index (χ4v) is 2.74. The zero-order valence-electron chi connectivity index (χ0n) is 10.3. The van der Waals surface area contributed by atoms with E-state index in [0.29, 0.717) is 11.6 Å². The number of halogens is 1. The lowest BCUT2D eigenvalue weighted by Crippen LogP contribution is -2.39. The number of rotatable bonds is 6. The Morgan fingerprint density at radius 1 is 1.32 bits per heavy atom. The van der Waals surface area contributed by atoms with Crippen LogP contribution in [0.15, 0.2) is 29.2 Å². The highest BCUT2D eigenvalue weighted by atomic mass is 35.5. The topological polar surface area (TPSA) is 75.3 Å². The number of thioether (sulfide) groups is 1. The Hall–Kier alpha value is -0.920. The van der Waals surface area contributed by atoms with Crippen molar-refractivity contribution in [3.05, 3.63) is 29.3 Å². The largest absolute Gasteiger partial charge is 0.337 e. The molecule has 0 saturated carbocycles. The number of carbonyl (C=O) groups excluding carboxylic acids is 1. The molecule has 0 aliphatic rings.